The van der Waals surface area contributed by atoms with E-state index in [0.717, 1.165) is 36.6 Å². The van der Waals surface area contributed by atoms with E-state index in [1.54, 1.807) is 19.2 Å². The van der Waals surface area contributed by atoms with Crippen molar-refractivity contribution in [2.24, 2.45) is 11.8 Å². The number of nitrogens with zero attached hydrogens (tertiary/aromatic N) is 2. The number of rotatable bonds is 5. The van der Waals surface area contributed by atoms with Gasteiger partial charge in [-0.3, -0.25) is 19.3 Å². The second kappa shape index (κ2) is 7.58. The van der Waals surface area contributed by atoms with Crippen LogP contribution in [0.1, 0.15) is 32.1 Å². The third kappa shape index (κ3) is 3.44. The number of likely N-dealkylation sites (tertiary alicyclic amines) is 1. The Labute approximate surface area is 163 Å². The molecule has 3 amide bonds. The van der Waals surface area contributed by atoms with Crippen LogP contribution in [0.2, 0.25) is 0 Å². The summed E-state index contributed by atoms with van der Waals surface area (Å²) in [4.78, 5) is 42.9. The van der Waals surface area contributed by atoms with Crippen molar-refractivity contribution in [1.29, 1.82) is 0 Å². The van der Waals surface area contributed by atoms with Gasteiger partial charge in [0.25, 0.3) is 0 Å². The third-order valence-electron chi connectivity index (χ3n) is 5.65. The van der Waals surface area contributed by atoms with Crippen molar-refractivity contribution >= 4 is 34.3 Å². The summed E-state index contributed by atoms with van der Waals surface area (Å²) in [5.41, 5.74) is 1.42. The topological polar surface area (TPSA) is 88.6 Å². The summed E-state index contributed by atoms with van der Waals surface area (Å²) in [7, 11) is 1.56. The molecule has 0 spiro atoms. The third-order valence-corrected chi connectivity index (χ3v) is 5.65. The molecule has 1 N–H and O–H groups in total. The van der Waals surface area contributed by atoms with Gasteiger partial charge in [0.1, 0.15) is 0 Å². The Morgan fingerprint density at radius 3 is 2.54 bits per heavy atom. The first-order valence-corrected chi connectivity index (χ1v) is 9.66. The van der Waals surface area contributed by atoms with Gasteiger partial charge in [0.05, 0.1) is 24.5 Å². The van der Waals surface area contributed by atoms with Crippen LogP contribution < -0.4 is 10.1 Å². The van der Waals surface area contributed by atoms with E-state index in [2.05, 4.69) is 10.3 Å². The molecule has 4 rings (SSSR count). The molecular weight excluding hydrogens is 358 g/mol. The number of carbonyl (C=O) groups is 3. The smallest absolute Gasteiger partial charge is 0.233 e. The number of hydrogen-bond acceptors (Lipinski definition) is 5. The minimum atomic E-state index is -0.226. The summed E-state index contributed by atoms with van der Waals surface area (Å²) < 4.78 is 5.11. The van der Waals surface area contributed by atoms with Crippen LogP contribution in [0.3, 0.4) is 0 Å². The van der Waals surface area contributed by atoms with Crippen molar-refractivity contribution in [2.45, 2.75) is 32.1 Å². The Balaban J connectivity index is 1.37. The molecule has 1 saturated carbocycles. The van der Waals surface area contributed by atoms with E-state index in [-0.39, 0.29) is 42.5 Å². The van der Waals surface area contributed by atoms with Crippen LogP contribution in [-0.4, -0.2) is 41.3 Å². The van der Waals surface area contributed by atoms with E-state index in [1.807, 2.05) is 18.2 Å². The van der Waals surface area contributed by atoms with E-state index in [0.29, 0.717) is 11.6 Å². The minimum absolute atomic E-state index is 0.0931. The fraction of sp³-hybridized carbons (Fsp3) is 0.429. The van der Waals surface area contributed by atoms with Gasteiger partial charge in [-0.15, -0.1) is 0 Å². The van der Waals surface area contributed by atoms with Gasteiger partial charge in [-0.05, 0) is 37.1 Å². The van der Waals surface area contributed by atoms with Gasteiger partial charge in [0.2, 0.25) is 23.6 Å². The maximum Gasteiger partial charge on any atom is 0.233 e. The highest BCUT2D eigenvalue weighted by Crippen LogP contribution is 2.38. The number of imide groups is 1. The average molecular weight is 381 g/mol. The number of fused-ring (bicyclic) bond motifs is 2. The van der Waals surface area contributed by atoms with Crippen molar-refractivity contribution < 1.29 is 19.1 Å². The molecule has 1 saturated heterocycles. The molecule has 146 valence electrons. The molecule has 1 aromatic heterocycles. The zero-order valence-corrected chi connectivity index (χ0v) is 15.8. The summed E-state index contributed by atoms with van der Waals surface area (Å²) in [6, 6.07) is 9.05. The van der Waals surface area contributed by atoms with Gasteiger partial charge >= 0.3 is 0 Å². The van der Waals surface area contributed by atoms with E-state index < -0.39 is 0 Å². The molecule has 7 nitrogen and oxygen atoms in total. The van der Waals surface area contributed by atoms with Crippen LogP contribution in [0.25, 0.3) is 10.9 Å². The monoisotopic (exact) mass is 381 g/mol. The van der Waals surface area contributed by atoms with Gasteiger partial charge in [-0.25, -0.2) is 4.98 Å². The molecule has 2 fully saturated rings. The molecule has 1 aliphatic carbocycles. The first kappa shape index (κ1) is 18.4. The lowest BCUT2D eigenvalue weighted by molar-refractivity contribution is -0.140. The van der Waals surface area contributed by atoms with Crippen molar-refractivity contribution in [3.05, 3.63) is 30.3 Å². The quantitative estimate of drug-likeness (QED) is 0.805. The number of hydrogen-bond donors (Lipinski definition) is 1. The van der Waals surface area contributed by atoms with Crippen molar-refractivity contribution in [1.82, 2.24) is 9.88 Å². The summed E-state index contributed by atoms with van der Waals surface area (Å²) >= 11 is 0. The van der Waals surface area contributed by atoms with Crippen LogP contribution in [0.4, 0.5) is 5.69 Å². The standard InChI is InChI=1S/C21H23N3O4/c1-28-19-9-6-13-12-14(7-8-17(13)23-19)22-18(25)10-11-24-20(26)15-4-2-3-5-16(15)21(24)27/h6-9,12,15-16H,2-5,10-11H2,1H3,(H,22,25)/t15-,16+. The second-order valence-corrected chi connectivity index (χ2v) is 7.38. The van der Waals surface area contributed by atoms with Crippen molar-refractivity contribution in [2.75, 3.05) is 19.0 Å². The molecule has 0 unspecified atom stereocenters. The number of ether oxygens (including phenoxy) is 1. The summed E-state index contributed by atoms with van der Waals surface area (Å²) in [6.45, 7) is 0.142. The first-order valence-electron chi connectivity index (χ1n) is 9.66. The number of methoxy groups -OCH3 is 1. The molecule has 2 heterocycles. The van der Waals surface area contributed by atoms with Crippen LogP contribution in [0.15, 0.2) is 30.3 Å². The average Bonchev–Trinajstić information content (AvgIpc) is 2.96. The van der Waals surface area contributed by atoms with Crippen molar-refractivity contribution in [3.63, 3.8) is 0 Å². The van der Waals surface area contributed by atoms with Gasteiger partial charge < -0.3 is 10.1 Å². The number of pyridine rings is 1. The van der Waals surface area contributed by atoms with Gasteiger partial charge in [-0.2, -0.15) is 0 Å². The Hall–Kier alpha value is -2.96. The van der Waals surface area contributed by atoms with Gasteiger partial charge in [0, 0.05) is 30.1 Å². The Bertz CT molecular complexity index is 918. The number of benzene rings is 1. The van der Waals surface area contributed by atoms with Gasteiger partial charge in [-0.1, -0.05) is 12.8 Å². The van der Waals surface area contributed by atoms with Crippen LogP contribution in [0, 0.1) is 11.8 Å². The zero-order chi connectivity index (χ0) is 19.7. The first-order chi connectivity index (χ1) is 13.6. The minimum Gasteiger partial charge on any atom is -0.481 e. The van der Waals surface area contributed by atoms with E-state index in [9.17, 15) is 14.4 Å². The molecule has 1 aliphatic heterocycles. The predicted octanol–water partition coefficient (Wildman–Crippen LogP) is 2.75. The fourth-order valence-electron chi connectivity index (χ4n) is 4.19. The molecular formula is C21H23N3O4. The van der Waals surface area contributed by atoms with Gasteiger partial charge in [0.15, 0.2) is 0 Å². The lowest BCUT2D eigenvalue weighted by atomic mass is 9.81. The highest BCUT2D eigenvalue weighted by Gasteiger charge is 2.47. The molecule has 2 aromatic rings. The zero-order valence-electron chi connectivity index (χ0n) is 15.8. The summed E-state index contributed by atoms with van der Waals surface area (Å²) in [6.07, 6.45) is 3.66. The Kier molecular flexibility index (Phi) is 4.98. The highest BCUT2D eigenvalue weighted by molar-refractivity contribution is 6.05. The SMILES string of the molecule is COc1ccc2cc(NC(=O)CCN3C(=O)[C@H]4CCCC[C@H]4C3=O)ccc2n1. The molecule has 2 aliphatic rings. The molecule has 0 bridgehead atoms. The lowest BCUT2D eigenvalue weighted by Gasteiger charge is -2.19. The predicted molar refractivity (Wildman–Crippen MR) is 104 cm³/mol. The van der Waals surface area contributed by atoms with E-state index in [1.165, 1.54) is 4.90 Å². The summed E-state index contributed by atoms with van der Waals surface area (Å²) in [5.74, 6) is -0.244. The van der Waals surface area contributed by atoms with Crippen molar-refractivity contribution in [3.8, 4) is 5.88 Å². The molecule has 1 aromatic carbocycles. The van der Waals surface area contributed by atoms with Crippen LogP contribution in [0.5, 0.6) is 5.88 Å². The number of nitrogens with one attached hydrogen (secondary N) is 1. The molecule has 0 radical (unpaired) electrons. The maximum atomic E-state index is 12.5. The molecule has 7 heteroatoms. The number of carbonyl (C=O) groups excluding carboxylic acids is 3. The fourth-order valence-corrected chi connectivity index (χ4v) is 4.19. The van der Waals surface area contributed by atoms with Crippen LogP contribution in [-0.2, 0) is 14.4 Å². The summed E-state index contributed by atoms with van der Waals surface area (Å²) in [5, 5.41) is 3.71. The largest absolute Gasteiger partial charge is 0.481 e. The van der Waals surface area contributed by atoms with E-state index in [4.69, 9.17) is 4.74 Å². The van der Waals surface area contributed by atoms with Crippen LogP contribution >= 0.6 is 0 Å². The lowest BCUT2D eigenvalue weighted by Crippen LogP contribution is -2.34. The Morgan fingerprint density at radius 1 is 1.14 bits per heavy atom. The molecule has 2 atom stereocenters. The number of amides is 3. The normalized spacial score (nSPS) is 21.7. The number of aromatic nitrogens is 1. The second-order valence-electron chi connectivity index (χ2n) is 7.38. The Morgan fingerprint density at radius 2 is 1.86 bits per heavy atom. The number of anilines is 1. The maximum absolute atomic E-state index is 12.5. The van der Waals surface area contributed by atoms with E-state index >= 15 is 0 Å². The highest BCUT2D eigenvalue weighted by atomic mass is 16.5. The molecule has 28 heavy (non-hydrogen) atoms.